The third-order valence-corrected chi connectivity index (χ3v) is 5.52. The number of sulfone groups is 1. The number of hydrogen-bond acceptors (Lipinski definition) is 4. The molecule has 98 valence electrons. The van der Waals surface area contributed by atoms with Gasteiger partial charge < -0.3 is 4.90 Å². The van der Waals surface area contributed by atoms with Crippen LogP contribution in [0.2, 0.25) is 0 Å². The summed E-state index contributed by atoms with van der Waals surface area (Å²) in [5.74, 6) is 0.783. The van der Waals surface area contributed by atoms with E-state index in [0.717, 1.165) is 39.0 Å². The van der Waals surface area contributed by atoms with E-state index in [1.54, 1.807) is 6.92 Å². The fourth-order valence-electron chi connectivity index (χ4n) is 2.64. The molecular formula is C11H20N2O3S. The summed E-state index contributed by atoms with van der Waals surface area (Å²) < 4.78 is 22.7. The normalized spacial score (nSPS) is 27.0. The van der Waals surface area contributed by atoms with Crippen LogP contribution in [-0.2, 0) is 14.6 Å². The van der Waals surface area contributed by atoms with Gasteiger partial charge in [-0.1, -0.05) is 0 Å². The molecule has 2 aliphatic heterocycles. The first-order chi connectivity index (χ1) is 7.98. The van der Waals surface area contributed by atoms with Gasteiger partial charge in [0.15, 0.2) is 0 Å². The number of hydrogen-bond donors (Lipinski definition) is 0. The van der Waals surface area contributed by atoms with Crippen LogP contribution in [0.4, 0.5) is 0 Å². The van der Waals surface area contributed by atoms with Crippen LogP contribution in [0.15, 0.2) is 0 Å². The van der Waals surface area contributed by atoms with E-state index in [4.69, 9.17) is 0 Å². The van der Waals surface area contributed by atoms with Crippen molar-refractivity contribution in [2.45, 2.75) is 25.8 Å². The predicted octanol–water partition coefficient (Wildman–Crippen LogP) is -0.272. The van der Waals surface area contributed by atoms with E-state index in [9.17, 15) is 13.2 Å². The SMILES string of the molecule is CC(=O)N1CCN(C2CCS(=O)(=O)CC2)CC1. The summed E-state index contributed by atoms with van der Waals surface area (Å²) in [6.07, 6.45) is 1.50. The molecule has 0 radical (unpaired) electrons. The monoisotopic (exact) mass is 260 g/mol. The highest BCUT2D eigenvalue weighted by molar-refractivity contribution is 7.91. The summed E-state index contributed by atoms with van der Waals surface area (Å²) in [7, 11) is -2.77. The van der Waals surface area contributed by atoms with Crippen molar-refractivity contribution in [3.8, 4) is 0 Å². The Balaban J connectivity index is 1.84. The van der Waals surface area contributed by atoms with Crippen LogP contribution >= 0.6 is 0 Å². The van der Waals surface area contributed by atoms with Gasteiger partial charge in [0.25, 0.3) is 0 Å². The van der Waals surface area contributed by atoms with E-state index in [-0.39, 0.29) is 5.91 Å². The van der Waals surface area contributed by atoms with Crippen molar-refractivity contribution < 1.29 is 13.2 Å². The predicted molar refractivity (Wildman–Crippen MR) is 65.5 cm³/mol. The molecule has 0 saturated carbocycles. The molecule has 1 amide bonds. The topological polar surface area (TPSA) is 57.7 Å². The Hall–Kier alpha value is -0.620. The number of carbonyl (C=O) groups excluding carboxylic acids is 1. The molecule has 2 saturated heterocycles. The lowest BCUT2D eigenvalue weighted by atomic mass is 10.1. The quantitative estimate of drug-likeness (QED) is 0.651. The lowest BCUT2D eigenvalue weighted by Gasteiger charge is -2.40. The Kier molecular flexibility index (Phi) is 3.73. The largest absolute Gasteiger partial charge is 0.340 e. The zero-order valence-corrected chi connectivity index (χ0v) is 11.1. The van der Waals surface area contributed by atoms with Gasteiger partial charge >= 0.3 is 0 Å². The van der Waals surface area contributed by atoms with Gasteiger partial charge in [0, 0.05) is 39.1 Å². The van der Waals surface area contributed by atoms with Crippen LogP contribution in [0, 0.1) is 0 Å². The highest BCUT2D eigenvalue weighted by atomic mass is 32.2. The molecule has 2 rings (SSSR count). The maximum absolute atomic E-state index is 11.3. The van der Waals surface area contributed by atoms with Crippen molar-refractivity contribution in [3.05, 3.63) is 0 Å². The van der Waals surface area contributed by atoms with Crippen LogP contribution in [0.5, 0.6) is 0 Å². The molecule has 2 heterocycles. The molecule has 0 aromatic rings. The zero-order valence-electron chi connectivity index (χ0n) is 10.3. The Morgan fingerprint density at radius 1 is 1.06 bits per heavy atom. The van der Waals surface area contributed by atoms with Crippen LogP contribution in [-0.4, -0.2) is 67.9 Å². The molecule has 17 heavy (non-hydrogen) atoms. The molecule has 2 aliphatic rings. The first-order valence-corrected chi connectivity index (χ1v) is 8.00. The fraction of sp³-hybridized carbons (Fsp3) is 0.909. The zero-order chi connectivity index (χ0) is 12.5. The van der Waals surface area contributed by atoms with E-state index in [1.807, 2.05) is 4.90 Å². The van der Waals surface area contributed by atoms with Crippen molar-refractivity contribution in [3.63, 3.8) is 0 Å². The van der Waals surface area contributed by atoms with Crippen LogP contribution in [0.1, 0.15) is 19.8 Å². The van der Waals surface area contributed by atoms with Gasteiger partial charge in [-0.25, -0.2) is 8.42 Å². The minimum atomic E-state index is -2.77. The van der Waals surface area contributed by atoms with Gasteiger partial charge in [0.2, 0.25) is 5.91 Å². The summed E-state index contributed by atoms with van der Waals surface area (Å²) in [6, 6.07) is 0.396. The number of rotatable bonds is 1. The van der Waals surface area contributed by atoms with Crippen molar-refractivity contribution in [2.75, 3.05) is 37.7 Å². The standard InChI is InChI=1S/C11H20N2O3S/c1-10(14)12-4-6-13(7-5-12)11-2-8-17(15,16)9-3-11/h11H,2-9H2,1H3. The first-order valence-electron chi connectivity index (χ1n) is 6.18. The van der Waals surface area contributed by atoms with Crippen LogP contribution in [0.3, 0.4) is 0 Å². The van der Waals surface area contributed by atoms with E-state index in [2.05, 4.69) is 4.90 Å². The van der Waals surface area contributed by atoms with E-state index < -0.39 is 9.84 Å². The second-order valence-corrected chi connectivity index (χ2v) is 7.23. The molecule has 0 aliphatic carbocycles. The van der Waals surface area contributed by atoms with Crippen LogP contribution in [0.25, 0.3) is 0 Å². The molecular weight excluding hydrogens is 240 g/mol. The summed E-state index contributed by atoms with van der Waals surface area (Å²) in [5, 5.41) is 0. The molecule has 0 unspecified atom stereocenters. The number of carbonyl (C=O) groups is 1. The summed E-state index contributed by atoms with van der Waals surface area (Å²) in [5.41, 5.74) is 0. The fourth-order valence-corrected chi connectivity index (χ4v) is 4.11. The van der Waals surface area contributed by atoms with Gasteiger partial charge in [-0.05, 0) is 12.8 Å². The number of nitrogens with zero attached hydrogens (tertiary/aromatic N) is 2. The molecule has 5 nitrogen and oxygen atoms in total. The average Bonchev–Trinajstić information content (AvgIpc) is 2.29. The Bertz CT molecular complexity index is 372. The second-order valence-electron chi connectivity index (χ2n) is 4.93. The van der Waals surface area contributed by atoms with Crippen molar-refractivity contribution >= 4 is 15.7 Å². The lowest BCUT2D eigenvalue weighted by Crippen LogP contribution is -2.53. The highest BCUT2D eigenvalue weighted by Crippen LogP contribution is 2.19. The van der Waals surface area contributed by atoms with Gasteiger partial charge in [-0.15, -0.1) is 0 Å². The van der Waals surface area contributed by atoms with E-state index in [1.165, 1.54) is 0 Å². The highest BCUT2D eigenvalue weighted by Gasteiger charge is 2.30. The van der Waals surface area contributed by atoms with Crippen molar-refractivity contribution in [1.82, 2.24) is 9.80 Å². The van der Waals surface area contributed by atoms with Crippen LogP contribution < -0.4 is 0 Å². The Morgan fingerprint density at radius 3 is 2.06 bits per heavy atom. The van der Waals surface area contributed by atoms with Crippen molar-refractivity contribution in [1.29, 1.82) is 0 Å². The molecule has 2 fully saturated rings. The first kappa shape index (κ1) is 12.8. The van der Waals surface area contributed by atoms with Crippen molar-refractivity contribution in [2.24, 2.45) is 0 Å². The third-order valence-electron chi connectivity index (χ3n) is 3.80. The molecule has 0 aromatic heterocycles. The molecule has 0 N–H and O–H groups in total. The summed E-state index contributed by atoms with van der Waals surface area (Å²) in [6.45, 7) is 4.91. The summed E-state index contributed by atoms with van der Waals surface area (Å²) >= 11 is 0. The molecule has 0 spiro atoms. The van der Waals surface area contributed by atoms with Gasteiger partial charge in [-0.3, -0.25) is 9.69 Å². The van der Waals surface area contributed by atoms with Gasteiger partial charge in [0.05, 0.1) is 11.5 Å². The Morgan fingerprint density at radius 2 is 1.59 bits per heavy atom. The minimum Gasteiger partial charge on any atom is -0.340 e. The smallest absolute Gasteiger partial charge is 0.219 e. The number of piperazine rings is 1. The molecule has 0 bridgehead atoms. The third kappa shape index (κ3) is 3.19. The Labute approximate surface area is 103 Å². The molecule has 6 heteroatoms. The number of amides is 1. The molecule has 0 aromatic carbocycles. The lowest BCUT2D eigenvalue weighted by molar-refractivity contribution is -0.130. The average molecular weight is 260 g/mol. The maximum atomic E-state index is 11.3. The van der Waals surface area contributed by atoms with Gasteiger partial charge in [-0.2, -0.15) is 0 Å². The van der Waals surface area contributed by atoms with Gasteiger partial charge in [0.1, 0.15) is 9.84 Å². The second kappa shape index (κ2) is 4.94. The van der Waals surface area contributed by atoms with E-state index in [0.29, 0.717) is 17.5 Å². The summed E-state index contributed by atoms with van der Waals surface area (Å²) in [4.78, 5) is 15.4. The minimum absolute atomic E-state index is 0.135. The maximum Gasteiger partial charge on any atom is 0.219 e. The van der Waals surface area contributed by atoms with E-state index >= 15 is 0 Å². The molecule has 0 atom stereocenters.